The molecular formula is C54H107N2O6P. The fraction of sp³-hybridized carbons (Fsp3) is 0.907. The number of aliphatic hydroxyl groups is 1. The lowest BCUT2D eigenvalue weighted by molar-refractivity contribution is -0.870. The van der Waals surface area contributed by atoms with Crippen molar-refractivity contribution in [3.8, 4) is 0 Å². The molecule has 0 aliphatic carbocycles. The number of amides is 1. The first-order valence-corrected chi connectivity index (χ1v) is 28.7. The van der Waals surface area contributed by atoms with Crippen molar-refractivity contribution in [3.05, 3.63) is 24.3 Å². The summed E-state index contributed by atoms with van der Waals surface area (Å²) in [6, 6.07) is -0.884. The molecule has 374 valence electrons. The van der Waals surface area contributed by atoms with Crippen LogP contribution in [0.1, 0.15) is 264 Å². The number of likely N-dealkylation sites (N-methyl/N-ethyl adjacent to an activating group) is 1. The van der Waals surface area contributed by atoms with Crippen molar-refractivity contribution in [2.75, 3.05) is 40.9 Å². The topological polar surface area (TPSA) is 108 Å². The minimum Gasteiger partial charge on any atom is -0.756 e. The van der Waals surface area contributed by atoms with Crippen molar-refractivity contribution in [3.63, 3.8) is 0 Å². The van der Waals surface area contributed by atoms with Crippen LogP contribution in [-0.4, -0.2) is 68.5 Å². The third-order valence-electron chi connectivity index (χ3n) is 12.4. The number of hydrogen-bond donors (Lipinski definition) is 2. The molecule has 0 spiro atoms. The molecule has 0 aromatic heterocycles. The summed E-state index contributed by atoms with van der Waals surface area (Å²) in [5.74, 6) is -0.196. The predicted molar refractivity (Wildman–Crippen MR) is 270 cm³/mol. The highest BCUT2D eigenvalue weighted by molar-refractivity contribution is 7.45. The van der Waals surface area contributed by atoms with E-state index >= 15 is 0 Å². The van der Waals surface area contributed by atoms with Gasteiger partial charge in [-0.3, -0.25) is 9.36 Å². The maximum atomic E-state index is 12.9. The number of quaternary nitrogens is 1. The van der Waals surface area contributed by atoms with Crippen LogP contribution in [-0.2, 0) is 18.4 Å². The predicted octanol–water partition coefficient (Wildman–Crippen LogP) is 15.4. The van der Waals surface area contributed by atoms with Gasteiger partial charge in [0.2, 0.25) is 5.91 Å². The molecule has 9 heteroatoms. The minimum absolute atomic E-state index is 0.000441. The first kappa shape index (κ1) is 62.0. The van der Waals surface area contributed by atoms with Crippen LogP contribution in [0.2, 0.25) is 0 Å². The number of allylic oxidation sites excluding steroid dienone is 3. The molecule has 0 fully saturated rings. The highest BCUT2D eigenvalue weighted by Gasteiger charge is 2.23. The molecule has 3 atom stereocenters. The average molecular weight is 911 g/mol. The number of nitrogens with zero attached hydrogens (tertiary/aromatic N) is 1. The van der Waals surface area contributed by atoms with E-state index in [1.54, 1.807) is 6.08 Å². The number of phosphoric acid groups is 1. The fourth-order valence-electron chi connectivity index (χ4n) is 8.09. The molecule has 0 rings (SSSR count). The van der Waals surface area contributed by atoms with Gasteiger partial charge in [0.15, 0.2) is 0 Å². The highest BCUT2D eigenvalue weighted by Crippen LogP contribution is 2.38. The Kier molecular flexibility index (Phi) is 45.4. The number of nitrogens with one attached hydrogen (secondary N) is 1. The number of unbranched alkanes of at least 4 members (excludes halogenated alkanes) is 35. The van der Waals surface area contributed by atoms with Crippen LogP contribution in [0.5, 0.6) is 0 Å². The van der Waals surface area contributed by atoms with Crippen LogP contribution in [0.25, 0.3) is 0 Å². The van der Waals surface area contributed by atoms with E-state index in [4.69, 9.17) is 9.05 Å². The maximum absolute atomic E-state index is 12.9. The van der Waals surface area contributed by atoms with Gasteiger partial charge in [-0.15, -0.1) is 0 Å². The largest absolute Gasteiger partial charge is 0.756 e. The second kappa shape index (κ2) is 46.1. The summed E-state index contributed by atoms with van der Waals surface area (Å²) in [5, 5.41) is 13.8. The lowest BCUT2D eigenvalue weighted by Gasteiger charge is -2.29. The van der Waals surface area contributed by atoms with Crippen molar-refractivity contribution in [2.24, 2.45) is 0 Å². The normalized spacial score (nSPS) is 14.2. The van der Waals surface area contributed by atoms with Crippen molar-refractivity contribution in [1.82, 2.24) is 5.32 Å². The Labute approximate surface area is 392 Å². The smallest absolute Gasteiger partial charge is 0.268 e. The summed E-state index contributed by atoms with van der Waals surface area (Å²) in [6.45, 7) is 4.67. The molecule has 0 saturated heterocycles. The first-order valence-electron chi connectivity index (χ1n) is 27.2. The van der Waals surface area contributed by atoms with Crippen molar-refractivity contribution in [1.29, 1.82) is 0 Å². The minimum atomic E-state index is -4.59. The van der Waals surface area contributed by atoms with Crippen molar-refractivity contribution in [2.45, 2.75) is 276 Å². The van der Waals surface area contributed by atoms with Crippen molar-refractivity contribution < 1.29 is 32.9 Å². The van der Waals surface area contributed by atoms with Crippen LogP contribution in [0.15, 0.2) is 24.3 Å². The molecule has 63 heavy (non-hydrogen) atoms. The lowest BCUT2D eigenvalue weighted by atomic mass is 10.0. The van der Waals surface area contributed by atoms with Crippen LogP contribution in [0.3, 0.4) is 0 Å². The second-order valence-corrected chi connectivity index (χ2v) is 21.3. The maximum Gasteiger partial charge on any atom is 0.268 e. The molecule has 2 N–H and O–H groups in total. The Morgan fingerprint density at radius 2 is 0.873 bits per heavy atom. The van der Waals surface area contributed by atoms with Gasteiger partial charge < -0.3 is 28.8 Å². The molecular weight excluding hydrogens is 804 g/mol. The fourth-order valence-corrected chi connectivity index (χ4v) is 8.81. The summed E-state index contributed by atoms with van der Waals surface area (Å²) < 4.78 is 23.3. The van der Waals surface area contributed by atoms with Crippen LogP contribution < -0.4 is 10.2 Å². The molecule has 0 heterocycles. The van der Waals surface area contributed by atoms with Gasteiger partial charge in [0.1, 0.15) is 13.2 Å². The second-order valence-electron chi connectivity index (χ2n) is 19.9. The van der Waals surface area contributed by atoms with Gasteiger partial charge in [-0.25, -0.2) is 0 Å². The van der Waals surface area contributed by atoms with Crippen molar-refractivity contribution >= 4 is 13.7 Å². The number of phosphoric ester groups is 1. The first-order chi connectivity index (χ1) is 30.5. The van der Waals surface area contributed by atoms with E-state index < -0.39 is 20.0 Å². The molecule has 0 aliphatic rings. The zero-order chi connectivity index (χ0) is 46.4. The van der Waals surface area contributed by atoms with Gasteiger partial charge in [-0.05, 0) is 44.9 Å². The number of carbonyl (C=O) groups is 1. The molecule has 3 unspecified atom stereocenters. The third-order valence-corrected chi connectivity index (χ3v) is 13.4. The van der Waals surface area contributed by atoms with E-state index in [2.05, 4.69) is 31.3 Å². The van der Waals surface area contributed by atoms with Gasteiger partial charge in [-0.2, -0.15) is 0 Å². The molecule has 0 radical (unpaired) electrons. The van der Waals surface area contributed by atoms with Crippen LogP contribution in [0, 0.1) is 0 Å². The summed E-state index contributed by atoms with van der Waals surface area (Å²) in [6.07, 6.45) is 56.7. The van der Waals surface area contributed by atoms with E-state index in [9.17, 15) is 19.4 Å². The Morgan fingerprint density at radius 1 is 0.540 bits per heavy atom. The summed E-state index contributed by atoms with van der Waals surface area (Å²) in [4.78, 5) is 25.4. The van der Waals surface area contributed by atoms with Gasteiger partial charge in [0, 0.05) is 6.42 Å². The summed E-state index contributed by atoms with van der Waals surface area (Å²) in [7, 11) is 1.27. The summed E-state index contributed by atoms with van der Waals surface area (Å²) >= 11 is 0. The number of carbonyl (C=O) groups excluding carboxylic acids is 1. The standard InChI is InChI=1S/C54H107N2O6P/c1-6-8-10-12-14-16-18-20-22-23-24-25-26-27-28-29-30-31-32-33-34-36-38-40-42-44-46-48-54(58)55-52(51-62-63(59,60)61-50-49-56(3,4)5)53(57)47-45-43-41-39-37-35-21-19-17-15-13-11-9-7-2/h27-28,45,47,52-53,57H,6-26,29-44,46,48-51H2,1-5H3,(H-,55,58,59,60)/b28-27-,47-45+. The Balaban J connectivity index is 4.14. The summed E-state index contributed by atoms with van der Waals surface area (Å²) in [5.41, 5.74) is 0. The van der Waals surface area contributed by atoms with Crippen LogP contribution in [0.4, 0.5) is 0 Å². The van der Waals surface area contributed by atoms with Gasteiger partial charge >= 0.3 is 0 Å². The van der Waals surface area contributed by atoms with E-state index in [1.807, 2.05) is 27.2 Å². The Morgan fingerprint density at radius 3 is 1.24 bits per heavy atom. The molecule has 0 aliphatic heterocycles. The molecule has 8 nitrogen and oxygen atoms in total. The molecule has 1 amide bonds. The van der Waals surface area contributed by atoms with Gasteiger partial charge in [0.05, 0.1) is 39.9 Å². The monoisotopic (exact) mass is 911 g/mol. The SMILES string of the molecule is CCCCCCCCCCCCCC/C=C\CCCCCCCCCCCCCC(=O)NC(COP(=O)([O-])OCC[N+](C)(C)C)C(O)/C=C/CCCCCCCCCCCCCC. The third kappa shape index (κ3) is 48.7. The number of hydrogen-bond acceptors (Lipinski definition) is 6. The zero-order valence-corrected chi connectivity index (χ0v) is 43.4. The zero-order valence-electron chi connectivity index (χ0n) is 42.5. The lowest BCUT2D eigenvalue weighted by Crippen LogP contribution is -2.45. The van der Waals surface area contributed by atoms with E-state index in [1.165, 1.54) is 205 Å². The van der Waals surface area contributed by atoms with Gasteiger partial charge in [-0.1, -0.05) is 237 Å². The number of rotatable bonds is 50. The van der Waals surface area contributed by atoms with E-state index in [0.717, 1.165) is 38.5 Å². The van der Waals surface area contributed by atoms with E-state index in [0.29, 0.717) is 17.4 Å². The van der Waals surface area contributed by atoms with Crippen LogP contribution >= 0.6 is 7.82 Å². The Bertz CT molecular complexity index is 1080. The average Bonchev–Trinajstić information content (AvgIpc) is 3.24. The highest BCUT2D eigenvalue weighted by atomic mass is 31.2. The molecule has 0 aromatic rings. The molecule has 0 saturated carbocycles. The quantitative estimate of drug-likeness (QED) is 0.0272. The molecule has 0 bridgehead atoms. The van der Waals surface area contributed by atoms with E-state index in [-0.39, 0.29) is 19.1 Å². The number of aliphatic hydroxyl groups excluding tert-OH is 1. The molecule has 0 aromatic carbocycles. The van der Waals surface area contributed by atoms with Gasteiger partial charge in [0.25, 0.3) is 7.82 Å². The Hall–Kier alpha value is -1.02.